The fourth-order valence-electron chi connectivity index (χ4n) is 3.09. The van der Waals surface area contributed by atoms with Crippen molar-refractivity contribution in [3.8, 4) is 22.0 Å². The second-order valence-electron chi connectivity index (χ2n) is 6.09. The third-order valence-electron chi connectivity index (χ3n) is 4.40. The summed E-state index contributed by atoms with van der Waals surface area (Å²) in [4.78, 5) is 10.5. The third-order valence-corrected chi connectivity index (χ3v) is 5.40. The summed E-state index contributed by atoms with van der Waals surface area (Å²) in [6.07, 6.45) is 3.52. The van der Waals surface area contributed by atoms with Crippen molar-refractivity contribution in [2.75, 3.05) is 0 Å². The van der Waals surface area contributed by atoms with Crippen LogP contribution in [0.15, 0.2) is 53.3 Å². The number of pyridine rings is 1. The van der Waals surface area contributed by atoms with Gasteiger partial charge in [-0.3, -0.25) is 4.98 Å². The highest BCUT2D eigenvalue weighted by atomic mass is 32.1. The van der Waals surface area contributed by atoms with Gasteiger partial charge in [0.05, 0.1) is 24.2 Å². The molecule has 0 radical (unpaired) electrons. The predicted molar refractivity (Wildman–Crippen MR) is 101 cm³/mol. The molecule has 0 aliphatic heterocycles. The Balaban J connectivity index is 1.74. The van der Waals surface area contributed by atoms with E-state index in [2.05, 4.69) is 36.4 Å². The second-order valence-corrected chi connectivity index (χ2v) is 7.29. The zero-order valence-corrected chi connectivity index (χ0v) is 15.3. The normalized spacial score (nSPS) is 11.2. The Morgan fingerprint density at radius 1 is 1.12 bits per heavy atom. The van der Waals surface area contributed by atoms with Crippen LogP contribution in [0.1, 0.15) is 22.0 Å². The molecule has 0 aliphatic rings. The summed E-state index contributed by atoms with van der Waals surface area (Å²) < 4.78 is 7.78. The van der Waals surface area contributed by atoms with Crippen LogP contribution in [0.2, 0.25) is 0 Å². The molecule has 5 heteroatoms. The van der Waals surface area contributed by atoms with Gasteiger partial charge in [-0.2, -0.15) is 0 Å². The molecule has 4 heterocycles. The molecule has 4 rings (SSSR count). The van der Waals surface area contributed by atoms with Crippen LogP contribution in [0.3, 0.4) is 0 Å². The van der Waals surface area contributed by atoms with Crippen LogP contribution in [0.25, 0.3) is 22.0 Å². The number of hydrogen-bond donors (Lipinski definition) is 0. The number of nitrogens with zero attached hydrogens (tertiary/aromatic N) is 3. The van der Waals surface area contributed by atoms with Crippen molar-refractivity contribution in [3.63, 3.8) is 0 Å². The van der Waals surface area contributed by atoms with Gasteiger partial charge in [0, 0.05) is 28.0 Å². The first-order valence-electron chi connectivity index (χ1n) is 8.22. The predicted octanol–water partition coefficient (Wildman–Crippen LogP) is 5.24. The van der Waals surface area contributed by atoms with Crippen LogP contribution >= 0.6 is 11.3 Å². The topological polar surface area (TPSA) is 43.9 Å². The molecule has 4 nitrogen and oxygen atoms in total. The minimum Gasteiger partial charge on any atom is -0.467 e. The van der Waals surface area contributed by atoms with Crippen molar-refractivity contribution < 1.29 is 4.42 Å². The van der Waals surface area contributed by atoms with E-state index in [1.165, 1.54) is 21.8 Å². The smallest absolute Gasteiger partial charge is 0.142 e. The minimum atomic E-state index is 0.737. The van der Waals surface area contributed by atoms with Gasteiger partial charge in [-0.05, 0) is 51.1 Å². The van der Waals surface area contributed by atoms with Crippen molar-refractivity contribution in [2.45, 2.75) is 27.3 Å². The van der Waals surface area contributed by atoms with Crippen LogP contribution < -0.4 is 0 Å². The standard InChI is InChI=1S/C20H19N3OS/c1-13-11-17(14(2)23(13)12-16-7-6-10-24-16)19-15(3)25-20(22-19)18-8-4-5-9-21-18/h4-11H,12H2,1-3H3. The van der Waals surface area contributed by atoms with Crippen LogP contribution in [0.5, 0.6) is 0 Å². The third kappa shape index (κ3) is 2.91. The summed E-state index contributed by atoms with van der Waals surface area (Å²) >= 11 is 1.69. The largest absolute Gasteiger partial charge is 0.467 e. The molecule has 0 unspecified atom stereocenters. The summed E-state index contributed by atoms with van der Waals surface area (Å²) in [6.45, 7) is 7.13. The lowest BCUT2D eigenvalue weighted by atomic mass is 10.1. The maximum Gasteiger partial charge on any atom is 0.142 e. The molecule has 0 saturated carbocycles. The molecular formula is C20H19N3OS. The monoisotopic (exact) mass is 349 g/mol. The molecule has 0 spiro atoms. The molecule has 0 aliphatic carbocycles. The van der Waals surface area contributed by atoms with E-state index in [9.17, 15) is 0 Å². The number of hydrogen-bond acceptors (Lipinski definition) is 4. The average molecular weight is 349 g/mol. The molecule has 0 amide bonds. The molecule has 0 bridgehead atoms. The lowest BCUT2D eigenvalue weighted by Gasteiger charge is -2.07. The number of thiazole rings is 1. The van der Waals surface area contributed by atoms with Crippen LogP contribution in [0, 0.1) is 20.8 Å². The number of aryl methyl sites for hydroxylation is 2. The van der Waals surface area contributed by atoms with Gasteiger partial charge in [0.1, 0.15) is 10.8 Å². The Labute approximate surface area is 150 Å². The SMILES string of the molecule is Cc1sc(-c2ccccn2)nc1-c1cc(C)n(Cc2ccco2)c1C. The first kappa shape index (κ1) is 15.8. The van der Waals surface area contributed by atoms with Crippen LogP contribution in [-0.2, 0) is 6.54 Å². The highest BCUT2D eigenvalue weighted by Crippen LogP contribution is 2.35. The van der Waals surface area contributed by atoms with E-state index in [-0.39, 0.29) is 0 Å². The van der Waals surface area contributed by atoms with E-state index in [4.69, 9.17) is 9.40 Å². The lowest BCUT2D eigenvalue weighted by Crippen LogP contribution is -2.03. The average Bonchev–Trinajstić information content (AvgIpc) is 3.32. The molecule has 0 aromatic carbocycles. The number of rotatable bonds is 4. The molecular weight excluding hydrogens is 330 g/mol. The Hall–Kier alpha value is -2.66. The number of furan rings is 1. The number of aromatic nitrogens is 3. The summed E-state index contributed by atoms with van der Waals surface area (Å²) in [5.74, 6) is 0.956. The Bertz CT molecular complexity index is 997. The molecule has 0 saturated heterocycles. The molecule has 0 fully saturated rings. The van der Waals surface area contributed by atoms with Gasteiger partial charge in [-0.25, -0.2) is 4.98 Å². The maximum atomic E-state index is 5.51. The zero-order chi connectivity index (χ0) is 17.4. The Morgan fingerprint density at radius 2 is 2.00 bits per heavy atom. The van der Waals surface area contributed by atoms with Gasteiger partial charge < -0.3 is 8.98 Å². The van der Waals surface area contributed by atoms with Crippen molar-refractivity contribution in [1.29, 1.82) is 0 Å². The van der Waals surface area contributed by atoms with Crippen molar-refractivity contribution in [2.24, 2.45) is 0 Å². The van der Waals surface area contributed by atoms with E-state index in [1.54, 1.807) is 23.8 Å². The highest BCUT2D eigenvalue weighted by Gasteiger charge is 2.18. The zero-order valence-electron chi connectivity index (χ0n) is 14.5. The van der Waals surface area contributed by atoms with Gasteiger partial charge in [-0.15, -0.1) is 11.3 Å². The molecule has 4 aromatic rings. The van der Waals surface area contributed by atoms with Crippen molar-refractivity contribution >= 4 is 11.3 Å². The van der Waals surface area contributed by atoms with Gasteiger partial charge in [0.15, 0.2) is 0 Å². The van der Waals surface area contributed by atoms with Gasteiger partial charge in [-0.1, -0.05) is 6.07 Å². The lowest BCUT2D eigenvalue weighted by molar-refractivity contribution is 0.489. The van der Waals surface area contributed by atoms with Gasteiger partial charge >= 0.3 is 0 Å². The Morgan fingerprint density at radius 3 is 2.72 bits per heavy atom. The van der Waals surface area contributed by atoms with Crippen molar-refractivity contribution in [3.05, 3.63) is 70.9 Å². The summed E-state index contributed by atoms with van der Waals surface area (Å²) in [5.41, 5.74) is 5.56. The molecule has 0 N–H and O–H groups in total. The van der Waals surface area contributed by atoms with Gasteiger partial charge in [0.25, 0.3) is 0 Å². The van der Waals surface area contributed by atoms with E-state index >= 15 is 0 Å². The van der Waals surface area contributed by atoms with Crippen LogP contribution in [0.4, 0.5) is 0 Å². The summed E-state index contributed by atoms with van der Waals surface area (Å²) in [6, 6.07) is 12.1. The van der Waals surface area contributed by atoms with Gasteiger partial charge in [0.2, 0.25) is 0 Å². The molecule has 0 atom stereocenters. The van der Waals surface area contributed by atoms with Crippen molar-refractivity contribution in [1.82, 2.24) is 14.5 Å². The first-order valence-corrected chi connectivity index (χ1v) is 9.03. The molecule has 126 valence electrons. The minimum absolute atomic E-state index is 0.737. The highest BCUT2D eigenvalue weighted by molar-refractivity contribution is 7.15. The first-order chi connectivity index (χ1) is 12.1. The fraction of sp³-hybridized carbons (Fsp3) is 0.200. The maximum absolute atomic E-state index is 5.51. The second kappa shape index (κ2) is 6.33. The quantitative estimate of drug-likeness (QED) is 0.506. The molecule has 4 aromatic heterocycles. The van der Waals surface area contributed by atoms with E-state index < -0.39 is 0 Å². The summed E-state index contributed by atoms with van der Waals surface area (Å²) in [7, 11) is 0. The van der Waals surface area contributed by atoms with Crippen LogP contribution in [-0.4, -0.2) is 14.5 Å². The summed E-state index contributed by atoms with van der Waals surface area (Å²) in [5, 5.41) is 0.962. The molecule has 25 heavy (non-hydrogen) atoms. The van der Waals surface area contributed by atoms with E-state index in [0.717, 1.165) is 28.7 Å². The Kier molecular flexibility index (Phi) is 4.01. The van der Waals surface area contributed by atoms with E-state index in [1.807, 2.05) is 30.3 Å². The van der Waals surface area contributed by atoms with E-state index in [0.29, 0.717) is 0 Å². The fourth-order valence-corrected chi connectivity index (χ4v) is 3.99.